The number of nitrogens with zero attached hydrogens (tertiary/aromatic N) is 4. The number of hydrogen-bond acceptors (Lipinski definition) is 4. The summed E-state index contributed by atoms with van der Waals surface area (Å²) in [5.41, 5.74) is 4.80. The lowest BCUT2D eigenvalue weighted by atomic mass is 10.3. The van der Waals surface area contributed by atoms with Crippen LogP contribution in [0.25, 0.3) is 16.7 Å². The molecule has 23 heavy (non-hydrogen) atoms. The zero-order chi connectivity index (χ0) is 15.8. The van der Waals surface area contributed by atoms with Crippen molar-refractivity contribution in [1.82, 2.24) is 19.4 Å². The lowest BCUT2D eigenvalue weighted by Gasteiger charge is -2.05. The predicted octanol–water partition coefficient (Wildman–Crippen LogP) is 4.64. The third kappa shape index (κ3) is 2.96. The lowest BCUT2D eigenvalue weighted by Crippen LogP contribution is -1.93. The fraction of sp³-hybridized carbons (Fsp3) is 0.118. The summed E-state index contributed by atoms with van der Waals surface area (Å²) in [6, 6.07) is 12.0. The Morgan fingerprint density at radius 3 is 2.61 bits per heavy atom. The Bertz CT molecular complexity index is 1010. The van der Waals surface area contributed by atoms with Gasteiger partial charge in [0, 0.05) is 22.6 Å². The predicted molar refractivity (Wildman–Crippen MR) is 96.7 cm³/mol. The maximum Gasteiger partial charge on any atom is 0.137 e. The van der Waals surface area contributed by atoms with E-state index in [1.54, 1.807) is 11.8 Å². The molecule has 114 valence electrons. The topological polar surface area (TPSA) is 43.1 Å². The quantitative estimate of drug-likeness (QED) is 0.482. The van der Waals surface area contributed by atoms with E-state index in [0.29, 0.717) is 0 Å². The Balaban J connectivity index is 1.61. The van der Waals surface area contributed by atoms with E-state index in [1.807, 2.05) is 53.9 Å². The molecule has 0 spiro atoms. The number of thioether (sulfide) groups is 1. The first-order chi connectivity index (χ1) is 11.2. The summed E-state index contributed by atoms with van der Waals surface area (Å²) in [6.45, 7) is 2.00. The molecular formula is C17H13BrN4S. The Kier molecular flexibility index (Phi) is 3.79. The number of halogens is 1. The van der Waals surface area contributed by atoms with Gasteiger partial charge in [0.1, 0.15) is 10.7 Å². The molecular weight excluding hydrogens is 372 g/mol. The minimum Gasteiger partial charge on any atom is -0.306 e. The van der Waals surface area contributed by atoms with E-state index >= 15 is 0 Å². The second kappa shape index (κ2) is 5.94. The molecule has 4 aromatic rings. The molecule has 0 aliphatic carbocycles. The van der Waals surface area contributed by atoms with Crippen molar-refractivity contribution in [2.24, 2.45) is 0 Å². The number of imidazole rings is 1. The van der Waals surface area contributed by atoms with Gasteiger partial charge >= 0.3 is 0 Å². The first kappa shape index (κ1) is 14.7. The van der Waals surface area contributed by atoms with Crippen molar-refractivity contribution in [1.29, 1.82) is 0 Å². The van der Waals surface area contributed by atoms with Gasteiger partial charge in [-0.25, -0.2) is 15.0 Å². The molecule has 0 unspecified atom stereocenters. The Labute approximate surface area is 146 Å². The second-order valence-corrected chi connectivity index (χ2v) is 7.12. The lowest BCUT2D eigenvalue weighted by molar-refractivity contribution is 1.04. The average molecular weight is 385 g/mol. The van der Waals surface area contributed by atoms with Crippen LogP contribution in [0.4, 0.5) is 0 Å². The summed E-state index contributed by atoms with van der Waals surface area (Å²) in [5, 5.41) is 0.960. The molecule has 0 atom stereocenters. The molecule has 3 aromatic heterocycles. The van der Waals surface area contributed by atoms with Crippen molar-refractivity contribution >= 4 is 44.4 Å². The van der Waals surface area contributed by atoms with Crippen LogP contribution < -0.4 is 0 Å². The van der Waals surface area contributed by atoms with E-state index in [9.17, 15) is 0 Å². The summed E-state index contributed by atoms with van der Waals surface area (Å²) in [6.07, 6.45) is 4.06. The number of hydrogen-bond donors (Lipinski definition) is 0. The van der Waals surface area contributed by atoms with Crippen molar-refractivity contribution in [3.63, 3.8) is 0 Å². The minimum absolute atomic E-state index is 0.771. The van der Waals surface area contributed by atoms with E-state index in [0.717, 1.165) is 43.3 Å². The van der Waals surface area contributed by atoms with Crippen LogP contribution in [0.1, 0.15) is 11.4 Å². The highest BCUT2D eigenvalue weighted by molar-refractivity contribution is 9.10. The molecule has 6 heteroatoms. The highest BCUT2D eigenvalue weighted by Gasteiger charge is 2.08. The molecule has 0 saturated carbocycles. The molecule has 0 amide bonds. The monoisotopic (exact) mass is 384 g/mol. The number of fused-ring (bicyclic) bond motifs is 2. The summed E-state index contributed by atoms with van der Waals surface area (Å²) in [5.74, 6) is 0.771. The zero-order valence-electron chi connectivity index (χ0n) is 12.4. The molecule has 0 bridgehead atoms. The summed E-state index contributed by atoms with van der Waals surface area (Å²) in [7, 11) is 0. The molecule has 1 aromatic carbocycles. The summed E-state index contributed by atoms with van der Waals surface area (Å²) >= 11 is 5.15. The van der Waals surface area contributed by atoms with Gasteiger partial charge in [-0.15, -0.1) is 0 Å². The van der Waals surface area contributed by atoms with Gasteiger partial charge in [-0.05, 0) is 47.1 Å². The molecule has 0 aliphatic rings. The van der Waals surface area contributed by atoms with E-state index in [4.69, 9.17) is 4.98 Å². The maximum absolute atomic E-state index is 4.72. The van der Waals surface area contributed by atoms with Crippen molar-refractivity contribution in [2.75, 3.05) is 0 Å². The highest BCUT2D eigenvalue weighted by Crippen LogP contribution is 2.25. The number of pyridine rings is 1. The SMILES string of the molecule is Cc1nc2ccccc2nc1SCc1cn2cc(Br)ccc2n1. The van der Waals surface area contributed by atoms with Gasteiger partial charge in [-0.3, -0.25) is 0 Å². The van der Waals surface area contributed by atoms with E-state index in [-0.39, 0.29) is 0 Å². The molecule has 0 radical (unpaired) electrons. The number of rotatable bonds is 3. The first-order valence-electron chi connectivity index (χ1n) is 7.18. The van der Waals surface area contributed by atoms with Gasteiger partial charge in [0.25, 0.3) is 0 Å². The average Bonchev–Trinajstić information content (AvgIpc) is 2.94. The van der Waals surface area contributed by atoms with Crippen LogP contribution in [0.3, 0.4) is 0 Å². The maximum atomic E-state index is 4.72. The minimum atomic E-state index is 0.771. The van der Waals surface area contributed by atoms with E-state index in [1.165, 1.54) is 0 Å². The summed E-state index contributed by atoms with van der Waals surface area (Å²) < 4.78 is 3.07. The van der Waals surface area contributed by atoms with Crippen molar-refractivity contribution < 1.29 is 0 Å². The number of para-hydroxylation sites is 2. The van der Waals surface area contributed by atoms with E-state index in [2.05, 4.69) is 32.1 Å². The highest BCUT2D eigenvalue weighted by atomic mass is 79.9. The number of benzene rings is 1. The van der Waals surface area contributed by atoms with E-state index < -0.39 is 0 Å². The fourth-order valence-corrected chi connectivity index (χ4v) is 3.63. The van der Waals surface area contributed by atoms with Gasteiger partial charge in [-0.1, -0.05) is 23.9 Å². The molecule has 0 fully saturated rings. The molecule has 0 N–H and O–H groups in total. The summed E-state index contributed by atoms with van der Waals surface area (Å²) in [4.78, 5) is 14.0. The van der Waals surface area contributed by atoms with Crippen LogP contribution in [0, 0.1) is 6.92 Å². The van der Waals surface area contributed by atoms with Gasteiger partial charge in [-0.2, -0.15) is 0 Å². The van der Waals surface area contributed by atoms with Crippen LogP contribution >= 0.6 is 27.7 Å². The van der Waals surface area contributed by atoms with Crippen molar-refractivity contribution in [3.8, 4) is 0 Å². The van der Waals surface area contributed by atoms with Gasteiger partial charge < -0.3 is 4.40 Å². The van der Waals surface area contributed by atoms with Gasteiger partial charge in [0.2, 0.25) is 0 Å². The fourth-order valence-electron chi connectivity index (χ4n) is 2.44. The van der Waals surface area contributed by atoms with Gasteiger partial charge in [0.05, 0.1) is 22.4 Å². The smallest absolute Gasteiger partial charge is 0.137 e. The van der Waals surface area contributed by atoms with Gasteiger partial charge in [0.15, 0.2) is 0 Å². The van der Waals surface area contributed by atoms with Crippen LogP contribution in [0.5, 0.6) is 0 Å². The third-order valence-electron chi connectivity index (χ3n) is 3.52. The zero-order valence-corrected chi connectivity index (χ0v) is 14.8. The van der Waals surface area contributed by atoms with Crippen LogP contribution in [0.2, 0.25) is 0 Å². The number of aryl methyl sites for hydroxylation is 1. The molecule has 4 nitrogen and oxygen atoms in total. The largest absolute Gasteiger partial charge is 0.306 e. The Morgan fingerprint density at radius 2 is 1.78 bits per heavy atom. The Hall–Kier alpha value is -1.92. The molecule has 4 rings (SSSR count). The van der Waals surface area contributed by atoms with Crippen LogP contribution in [0.15, 0.2) is 58.3 Å². The molecule has 0 saturated heterocycles. The number of aromatic nitrogens is 4. The Morgan fingerprint density at radius 1 is 1.00 bits per heavy atom. The normalized spacial score (nSPS) is 11.4. The molecule has 0 aliphatic heterocycles. The standard InChI is InChI=1S/C17H13BrN4S/c1-11-17(21-15-5-3-2-4-14(15)19-11)23-10-13-9-22-8-12(18)6-7-16(22)20-13/h2-9H,10H2,1H3. The molecule has 3 heterocycles. The second-order valence-electron chi connectivity index (χ2n) is 5.24. The van der Waals surface area contributed by atoms with Crippen molar-refractivity contribution in [3.05, 3.63) is 64.7 Å². The first-order valence-corrected chi connectivity index (χ1v) is 8.96. The third-order valence-corrected chi connectivity index (χ3v) is 5.09. The van der Waals surface area contributed by atoms with Crippen LogP contribution in [-0.2, 0) is 5.75 Å². The van der Waals surface area contributed by atoms with Crippen molar-refractivity contribution in [2.45, 2.75) is 17.7 Å². The van der Waals surface area contributed by atoms with Crippen LogP contribution in [-0.4, -0.2) is 19.4 Å².